The molecule has 0 saturated carbocycles. The Hall–Kier alpha value is -1.49. The first-order valence-corrected chi connectivity index (χ1v) is 5.73. The summed E-state index contributed by atoms with van der Waals surface area (Å²) in [7, 11) is 0. The number of halogens is 1. The van der Waals surface area contributed by atoms with Gasteiger partial charge >= 0.3 is 0 Å². The summed E-state index contributed by atoms with van der Waals surface area (Å²) in [6, 6.07) is 1.44. The number of carbonyl (C=O) groups excluding carboxylic acids is 1. The summed E-state index contributed by atoms with van der Waals surface area (Å²) >= 11 is 0. The number of hydrogen-bond donors (Lipinski definition) is 2. The Kier molecular flexibility index (Phi) is 5.56. The van der Waals surface area contributed by atoms with Crippen molar-refractivity contribution in [2.45, 2.75) is 26.2 Å². The molecule has 3 N–H and O–H groups in total. The Labute approximate surface area is 100 Å². The van der Waals surface area contributed by atoms with E-state index in [0.29, 0.717) is 18.9 Å². The number of nitrogens with zero attached hydrogens (tertiary/aromatic N) is 1. The third kappa shape index (κ3) is 4.91. The second kappa shape index (κ2) is 6.96. The first kappa shape index (κ1) is 13.6. The number of nitrogens with two attached hydrogens (primary N) is 1. The van der Waals surface area contributed by atoms with Gasteiger partial charge in [0.2, 0.25) is 5.91 Å². The van der Waals surface area contributed by atoms with E-state index < -0.39 is 5.82 Å². The fourth-order valence-electron chi connectivity index (χ4n) is 1.50. The highest BCUT2D eigenvalue weighted by atomic mass is 19.1. The van der Waals surface area contributed by atoms with E-state index >= 15 is 0 Å². The van der Waals surface area contributed by atoms with Crippen LogP contribution in [0.15, 0.2) is 18.5 Å². The summed E-state index contributed by atoms with van der Waals surface area (Å²) in [5.74, 6) is -0.289. The lowest BCUT2D eigenvalue weighted by Crippen LogP contribution is -2.14. The van der Waals surface area contributed by atoms with Gasteiger partial charge in [0.05, 0.1) is 11.9 Å². The summed E-state index contributed by atoms with van der Waals surface area (Å²) in [6.45, 7) is 2.68. The summed E-state index contributed by atoms with van der Waals surface area (Å²) in [6.07, 6.45) is 4.55. The molecule has 17 heavy (non-hydrogen) atoms. The van der Waals surface area contributed by atoms with Gasteiger partial charge < -0.3 is 11.1 Å². The van der Waals surface area contributed by atoms with Crippen molar-refractivity contribution in [3.05, 3.63) is 24.3 Å². The summed E-state index contributed by atoms with van der Waals surface area (Å²) < 4.78 is 13.2. The van der Waals surface area contributed by atoms with E-state index in [1.54, 1.807) is 0 Å². The summed E-state index contributed by atoms with van der Waals surface area (Å²) in [5.41, 5.74) is 5.60. The summed E-state index contributed by atoms with van der Waals surface area (Å²) in [5, 5.41) is 2.52. The number of anilines is 1. The maximum Gasteiger partial charge on any atom is 0.224 e. The minimum Gasteiger partial charge on any atom is -0.330 e. The van der Waals surface area contributed by atoms with Crippen LogP contribution in [0.3, 0.4) is 0 Å². The predicted octanol–water partition coefficient (Wildman–Crippen LogP) is 1.92. The van der Waals surface area contributed by atoms with Crippen molar-refractivity contribution in [3.8, 4) is 0 Å². The van der Waals surface area contributed by atoms with Gasteiger partial charge in [-0.3, -0.25) is 9.78 Å². The van der Waals surface area contributed by atoms with Gasteiger partial charge in [0, 0.05) is 12.6 Å². The van der Waals surface area contributed by atoms with Crippen LogP contribution in [0.4, 0.5) is 10.1 Å². The van der Waals surface area contributed by atoms with E-state index in [9.17, 15) is 9.18 Å². The van der Waals surface area contributed by atoms with Gasteiger partial charge in [0.25, 0.3) is 0 Å². The highest BCUT2D eigenvalue weighted by Gasteiger charge is 2.08. The second-order valence-electron chi connectivity index (χ2n) is 4.12. The number of amides is 1. The van der Waals surface area contributed by atoms with Crippen LogP contribution in [0.25, 0.3) is 0 Å². The molecule has 0 spiro atoms. The average molecular weight is 239 g/mol. The molecule has 0 aromatic carbocycles. The van der Waals surface area contributed by atoms with Crippen LogP contribution < -0.4 is 11.1 Å². The molecule has 5 heteroatoms. The van der Waals surface area contributed by atoms with Crippen molar-refractivity contribution < 1.29 is 9.18 Å². The van der Waals surface area contributed by atoms with Crippen molar-refractivity contribution in [2.24, 2.45) is 11.7 Å². The molecule has 0 aliphatic rings. The molecule has 0 aliphatic carbocycles. The van der Waals surface area contributed by atoms with Gasteiger partial charge in [0.15, 0.2) is 5.82 Å². The lowest BCUT2D eigenvalue weighted by atomic mass is 10.0. The molecule has 1 rings (SSSR count). The molecule has 1 heterocycles. The molecular formula is C12H18FN3O. The zero-order valence-corrected chi connectivity index (χ0v) is 9.95. The van der Waals surface area contributed by atoms with E-state index in [2.05, 4.69) is 10.3 Å². The van der Waals surface area contributed by atoms with Crippen molar-refractivity contribution in [3.63, 3.8) is 0 Å². The average Bonchev–Trinajstić information content (AvgIpc) is 2.30. The zero-order chi connectivity index (χ0) is 12.7. The quantitative estimate of drug-likeness (QED) is 0.797. The topological polar surface area (TPSA) is 68.0 Å². The molecule has 1 aromatic rings. The van der Waals surface area contributed by atoms with E-state index in [-0.39, 0.29) is 11.6 Å². The summed E-state index contributed by atoms with van der Waals surface area (Å²) in [4.78, 5) is 15.2. The van der Waals surface area contributed by atoms with E-state index in [0.717, 1.165) is 19.0 Å². The van der Waals surface area contributed by atoms with E-state index in [1.165, 1.54) is 12.3 Å². The zero-order valence-electron chi connectivity index (χ0n) is 9.95. The number of hydrogen-bond acceptors (Lipinski definition) is 3. The molecule has 0 saturated heterocycles. The minimum absolute atomic E-state index is 0.177. The van der Waals surface area contributed by atoms with Crippen molar-refractivity contribution in [1.82, 2.24) is 4.98 Å². The molecule has 0 fully saturated rings. The van der Waals surface area contributed by atoms with Crippen LogP contribution in [0, 0.1) is 11.7 Å². The molecule has 94 valence electrons. The monoisotopic (exact) mass is 239 g/mol. The maximum absolute atomic E-state index is 13.2. The van der Waals surface area contributed by atoms with Crippen LogP contribution in [-0.4, -0.2) is 17.4 Å². The number of nitrogens with one attached hydrogen (secondary N) is 1. The Morgan fingerprint density at radius 3 is 3.00 bits per heavy atom. The molecule has 0 aliphatic heterocycles. The van der Waals surface area contributed by atoms with Gasteiger partial charge in [-0.15, -0.1) is 0 Å². The van der Waals surface area contributed by atoms with Crippen LogP contribution in [0.5, 0.6) is 0 Å². The number of carbonyl (C=O) groups is 1. The first-order valence-electron chi connectivity index (χ1n) is 5.73. The molecular weight excluding hydrogens is 221 g/mol. The van der Waals surface area contributed by atoms with Gasteiger partial charge in [-0.05, 0) is 31.4 Å². The molecule has 1 aromatic heterocycles. The van der Waals surface area contributed by atoms with E-state index in [4.69, 9.17) is 5.73 Å². The minimum atomic E-state index is -0.518. The highest BCUT2D eigenvalue weighted by Crippen LogP contribution is 2.13. The van der Waals surface area contributed by atoms with Gasteiger partial charge in [-0.25, -0.2) is 4.39 Å². The predicted molar refractivity (Wildman–Crippen MR) is 64.9 cm³/mol. The number of rotatable bonds is 6. The van der Waals surface area contributed by atoms with Gasteiger partial charge in [0.1, 0.15) is 0 Å². The lowest BCUT2D eigenvalue weighted by molar-refractivity contribution is -0.116. The van der Waals surface area contributed by atoms with Crippen LogP contribution in [0.2, 0.25) is 0 Å². The molecule has 0 bridgehead atoms. The molecule has 4 nitrogen and oxygen atoms in total. The Morgan fingerprint density at radius 2 is 2.35 bits per heavy atom. The fraction of sp³-hybridized carbons (Fsp3) is 0.500. The molecule has 1 atom stereocenters. The van der Waals surface area contributed by atoms with Crippen molar-refractivity contribution >= 4 is 11.6 Å². The first-order chi connectivity index (χ1) is 8.13. The Balaban J connectivity index is 2.37. The normalized spacial score (nSPS) is 12.2. The highest BCUT2D eigenvalue weighted by molar-refractivity contribution is 5.90. The standard InChI is InChI=1S/C12H18FN3O/c1-9(4-6-14)2-3-12(17)16-11-5-7-15-8-10(11)13/h5,7-9H,2-4,6,14H2,1H3,(H,15,16,17). The molecule has 1 unspecified atom stereocenters. The van der Waals surface area contributed by atoms with Gasteiger partial charge in [-0.2, -0.15) is 0 Å². The third-order valence-electron chi connectivity index (χ3n) is 2.57. The van der Waals surface area contributed by atoms with Crippen LogP contribution in [-0.2, 0) is 4.79 Å². The third-order valence-corrected chi connectivity index (χ3v) is 2.57. The molecule has 0 radical (unpaired) electrons. The van der Waals surface area contributed by atoms with Crippen molar-refractivity contribution in [2.75, 3.05) is 11.9 Å². The van der Waals surface area contributed by atoms with E-state index in [1.807, 2.05) is 6.92 Å². The van der Waals surface area contributed by atoms with Crippen LogP contribution in [0.1, 0.15) is 26.2 Å². The maximum atomic E-state index is 13.2. The number of pyridine rings is 1. The SMILES string of the molecule is CC(CCN)CCC(=O)Nc1ccncc1F. The molecule has 1 amide bonds. The second-order valence-corrected chi connectivity index (χ2v) is 4.12. The largest absolute Gasteiger partial charge is 0.330 e. The number of aromatic nitrogens is 1. The van der Waals surface area contributed by atoms with Crippen molar-refractivity contribution in [1.29, 1.82) is 0 Å². The van der Waals surface area contributed by atoms with Crippen LogP contribution >= 0.6 is 0 Å². The van der Waals surface area contributed by atoms with Gasteiger partial charge in [-0.1, -0.05) is 6.92 Å². The smallest absolute Gasteiger partial charge is 0.224 e. The Bertz CT molecular complexity index is 371. The Morgan fingerprint density at radius 1 is 1.59 bits per heavy atom. The fourth-order valence-corrected chi connectivity index (χ4v) is 1.50. The lowest BCUT2D eigenvalue weighted by Gasteiger charge is -2.10.